The largest absolute Gasteiger partial charge is 0.459 e. The predicted octanol–water partition coefficient (Wildman–Crippen LogP) is 2.43. The summed E-state index contributed by atoms with van der Waals surface area (Å²) in [4.78, 5) is 53.9. The van der Waals surface area contributed by atoms with Crippen molar-refractivity contribution in [2.45, 2.75) is 108 Å². The number of rotatable bonds is 0. The van der Waals surface area contributed by atoms with Crippen LogP contribution >= 0.6 is 0 Å². The molecule has 0 unspecified atom stereocenters. The van der Waals surface area contributed by atoms with E-state index in [-0.39, 0.29) is 48.2 Å². The Morgan fingerprint density at radius 2 is 1.71 bits per heavy atom. The molecule has 0 radical (unpaired) electrons. The van der Waals surface area contributed by atoms with Gasteiger partial charge in [-0.05, 0) is 40.0 Å². The van der Waals surface area contributed by atoms with E-state index < -0.39 is 64.1 Å². The van der Waals surface area contributed by atoms with Gasteiger partial charge in [0.2, 0.25) is 11.6 Å². The maximum atomic E-state index is 14.7. The van der Waals surface area contributed by atoms with Gasteiger partial charge < -0.3 is 23.7 Å². The second-order valence-electron chi connectivity index (χ2n) is 13.9. The lowest BCUT2D eigenvalue weighted by atomic mass is 9.62. The predicted molar refractivity (Wildman–Crippen MR) is 127 cm³/mol. The van der Waals surface area contributed by atoms with Gasteiger partial charge in [-0.15, -0.1) is 0 Å². The van der Waals surface area contributed by atoms with Crippen LogP contribution in [0.25, 0.3) is 0 Å². The van der Waals surface area contributed by atoms with E-state index in [9.17, 15) is 19.2 Å². The quantitative estimate of drug-likeness (QED) is 0.439. The molecule has 204 valence electrons. The Morgan fingerprint density at radius 3 is 2.47 bits per heavy atom. The van der Waals surface area contributed by atoms with Crippen LogP contribution in [-0.2, 0) is 42.9 Å². The van der Waals surface area contributed by atoms with Crippen molar-refractivity contribution in [3.63, 3.8) is 0 Å². The molecular weight excluding hydrogens is 492 g/mol. The molecule has 3 spiro atoms. The molecule has 2 aliphatic carbocycles. The van der Waals surface area contributed by atoms with Crippen molar-refractivity contribution < 1.29 is 42.9 Å². The molecule has 0 N–H and O–H groups in total. The summed E-state index contributed by atoms with van der Waals surface area (Å²) in [7, 11) is 0. The average molecular weight is 527 g/mol. The number of fused-ring (bicyclic) bond motifs is 2. The number of hydrogen-bond donors (Lipinski definition) is 0. The Kier molecular flexibility index (Phi) is 4.13. The third kappa shape index (κ3) is 2.35. The third-order valence-corrected chi connectivity index (χ3v) is 11.8. The Morgan fingerprint density at radius 1 is 0.947 bits per heavy atom. The smallest absolute Gasteiger partial charge is 0.311 e. The number of hydrogen-bond acceptors (Lipinski definition) is 9. The third-order valence-electron chi connectivity index (χ3n) is 11.8. The highest BCUT2D eigenvalue weighted by atomic mass is 16.7. The summed E-state index contributed by atoms with van der Waals surface area (Å²) < 4.78 is 32.1. The highest BCUT2D eigenvalue weighted by molar-refractivity contribution is 6.07. The fraction of sp³-hybridized carbons (Fsp3) is 0.793. The molecule has 8 aliphatic rings. The van der Waals surface area contributed by atoms with Crippen LogP contribution in [-0.4, -0.2) is 64.4 Å². The Labute approximate surface area is 220 Å². The average Bonchev–Trinajstić information content (AvgIpc) is 3.42. The van der Waals surface area contributed by atoms with Gasteiger partial charge in [0.25, 0.3) is 0 Å². The molecule has 6 aliphatic heterocycles. The lowest BCUT2D eigenvalue weighted by molar-refractivity contribution is -0.329. The normalized spacial score (nSPS) is 57.1. The molecule has 6 saturated heterocycles. The van der Waals surface area contributed by atoms with E-state index >= 15 is 0 Å². The lowest BCUT2D eigenvalue weighted by Crippen LogP contribution is -2.63. The van der Waals surface area contributed by atoms with E-state index in [2.05, 4.69) is 0 Å². The second-order valence-corrected chi connectivity index (χ2v) is 13.9. The van der Waals surface area contributed by atoms with Gasteiger partial charge in [-0.25, -0.2) is 0 Å². The standard InChI is InChI=1S/C29H34O9/c1-12-18-20-19(13(2)24(33)34-20)37-29-21(18)26(5,22(12)31)8-9-27(38-29)11-28-15(7-6-14(27)23(29)32)25(3,4)35-16(28)10-17(30)36-28/h6,12-13,15-16,18-21H,7-11H2,1-5H3/t12-,13+,15+,16-,18-,19-,20-,21+,26+,27+,28-,29+/m1/s1. The fourth-order valence-corrected chi connectivity index (χ4v) is 10.2. The first-order valence-corrected chi connectivity index (χ1v) is 14.1. The molecule has 2 bridgehead atoms. The van der Waals surface area contributed by atoms with Crippen molar-refractivity contribution >= 4 is 23.5 Å². The van der Waals surface area contributed by atoms with Crippen molar-refractivity contribution in [2.75, 3.05) is 0 Å². The van der Waals surface area contributed by atoms with Crippen molar-refractivity contribution in [3.8, 4) is 0 Å². The zero-order valence-electron chi connectivity index (χ0n) is 22.4. The molecule has 9 heteroatoms. The highest BCUT2D eigenvalue weighted by Gasteiger charge is 2.81. The van der Waals surface area contributed by atoms with E-state index in [0.29, 0.717) is 24.8 Å². The molecule has 0 aromatic heterocycles. The van der Waals surface area contributed by atoms with Gasteiger partial charge in [-0.3, -0.25) is 19.2 Å². The van der Waals surface area contributed by atoms with Crippen LogP contribution in [0.4, 0.5) is 0 Å². The number of ether oxygens (including phenoxy) is 5. The molecule has 6 heterocycles. The summed E-state index contributed by atoms with van der Waals surface area (Å²) in [5.74, 6) is -4.62. The van der Waals surface area contributed by atoms with Crippen molar-refractivity contribution in [3.05, 3.63) is 11.6 Å². The monoisotopic (exact) mass is 526 g/mol. The van der Waals surface area contributed by atoms with Gasteiger partial charge in [0, 0.05) is 41.1 Å². The maximum absolute atomic E-state index is 14.7. The number of Topliss-reactive ketones (excluding diaryl/α,β-unsaturated/α-hetero) is 2. The van der Waals surface area contributed by atoms with Crippen molar-refractivity contribution in [2.24, 2.45) is 35.0 Å². The highest BCUT2D eigenvalue weighted by Crippen LogP contribution is 2.70. The van der Waals surface area contributed by atoms with Crippen molar-refractivity contribution in [1.82, 2.24) is 0 Å². The number of esters is 2. The molecule has 7 fully saturated rings. The van der Waals surface area contributed by atoms with Gasteiger partial charge in [-0.1, -0.05) is 19.9 Å². The summed E-state index contributed by atoms with van der Waals surface area (Å²) in [6.45, 7) is 9.59. The first-order chi connectivity index (χ1) is 17.8. The van der Waals surface area contributed by atoms with Crippen LogP contribution in [0.1, 0.15) is 66.7 Å². The minimum Gasteiger partial charge on any atom is -0.459 e. The molecule has 1 saturated carbocycles. The number of carbonyl (C=O) groups is 4. The summed E-state index contributed by atoms with van der Waals surface area (Å²) in [6.07, 6.45) is 2.13. The first kappa shape index (κ1) is 23.8. The zero-order valence-corrected chi connectivity index (χ0v) is 22.4. The van der Waals surface area contributed by atoms with E-state index in [0.717, 1.165) is 0 Å². The number of carbonyl (C=O) groups excluding carboxylic acids is 4. The lowest BCUT2D eigenvalue weighted by Gasteiger charge is -2.49. The fourth-order valence-electron chi connectivity index (χ4n) is 10.2. The van der Waals surface area contributed by atoms with Gasteiger partial charge in [0.15, 0.2) is 0 Å². The van der Waals surface area contributed by atoms with E-state index in [1.807, 2.05) is 33.8 Å². The molecular formula is C29H34O9. The van der Waals surface area contributed by atoms with Crippen LogP contribution < -0.4 is 0 Å². The van der Waals surface area contributed by atoms with Crippen LogP contribution in [0.2, 0.25) is 0 Å². The van der Waals surface area contributed by atoms with Crippen molar-refractivity contribution in [1.29, 1.82) is 0 Å². The number of ketones is 2. The Balaban J connectivity index is 1.32. The second kappa shape index (κ2) is 6.61. The van der Waals surface area contributed by atoms with Crippen LogP contribution in [0, 0.1) is 35.0 Å². The molecule has 9 nitrogen and oxygen atoms in total. The molecule has 0 amide bonds. The number of allylic oxidation sites excluding steroid dienone is 1. The summed E-state index contributed by atoms with van der Waals surface area (Å²) in [5.41, 5.74) is -2.88. The van der Waals surface area contributed by atoms with Crippen LogP contribution in [0.15, 0.2) is 11.6 Å². The zero-order chi connectivity index (χ0) is 26.8. The summed E-state index contributed by atoms with van der Waals surface area (Å²) >= 11 is 0. The van der Waals surface area contributed by atoms with E-state index in [1.165, 1.54) is 0 Å². The topological polar surface area (TPSA) is 114 Å². The Bertz CT molecular complexity index is 1270. The minimum atomic E-state index is -1.69. The van der Waals surface area contributed by atoms with Crippen LogP contribution in [0.5, 0.6) is 0 Å². The molecule has 8 rings (SSSR count). The Hall–Kier alpha value is -2.10. The van der Waals surface area contributed by atoms with Gasteiger partial charge in [-0.2, -0.15) is 0 Å². The first-order valence-electron chi connectivity index (χ1n) is 14.1. The van der Waals surface area contributed by atoms with Gasteiger partial charge >= 0.3 is 11.9 Å². The van der Waals surface area contributed by atoms with Gasteiger partial charge in [0.1, 0.15) is 35.3 Å². The van der Waals surface area contributed by atoms with Gasteiger partial charge in [0.05, 0.1) is 17.9 Å². The minimum absolute atomic E-state index is 0.0674. The summed E-state index contributed by atoms with van der Waals surface area (Å²) in [6, 6.07) is 0. The molecule has 0 aromatic carbocycles. The SMILES string of the molecule is C[C@@H]1C(=O)O[C@H]2[C@@H]1O[C@]13O[C@@]4(CC[C@]5(C)C(=O)[C@H](C)[C@H]2[C@H]15)C[C@]12OC(=O)C[C@H]1OC(C)(C)[C@@H]2CC=C4C3=O. The van der Waals surface area contributed by atoms with Crippen LogP contribution in [0.3, 0.4) is 0 Å². The maximum Gasteiger partial charge on any atom is 0.311 e. The molecule has 0 aromatic rings. The summed E-state index contributed by atoms with van der Waals surface area (Å²) in [5, 5.41) is 0. The molecule has 38 heavy (non-hydrogen) atoms. The van der Waals surface area contributed by atoms with E-state index in [1.54, 1.807) is 6.92 Å². The van der Waals surface area contributed by atoms with E-state index in [4.69, 9.17) is 23.7 Å². The molecule has 12 atom stereocenters.